The van der Waals surface area contributed by atoms with E-state index in [2.05, 4.69) is 60.7 Å². The lowest BCUT2D eigenvalue weighted by Crippen LogP contribution is -2.49. The smallest absolute Gasteiger partial charge is 0.310 e. The van der Waals surface area contributed by atoms with Gasteiger partial charge in [0.1, 0.15) is 11.2 Å². The van der Waals surface area contributed by atoms with Crippen molar-refractivity contribution in [1.29, 1.82) is 0 Å². The molecule has 34 heavy (non-hydrogen) atoms. The molecule has 0 atom stereocenters. The largest absolute Gasteiger partial charge is 0.455 e. The maximum Gasteiger partial charge on any atom is 0.310 e. The minimum absolute atomic E-state index is 0.369. The second-order valence-corrected chi connectivity index (χ2v) is 10.2. The molecule has 1 aromatic heterocycles. The van der Waals surface area contributed by atoms with Gasteiger partial charge in [0.15, 0.2) is 0 Å². The Morgan fingerprint density at radius 3 is 1.85 bits per heavy atom. The Bertz CT molecular complexity index is 1720. The van der Waals surface area contributed by atoms with Crippen molar-refractivity contribution >= 4 is 67.2 Å². The average molecular weight is 446 g/mol. The van der Waals surface area contributed by atoms with Crippen LogP contribution in [0.1, 0.15) is 27.7 Å². The third-order valence-corrected chi connectivity index (χ3v) is 7.50. The number of para-hydroxylation sites is 1. The van der Waals surface area contributed by atoms with Crippen molar-refractivity contribution in [2.75, 3.05) is 0 Å². The van der Waals surface area contributed by atoms with Gasteiger partial charge in [-0.05, 0) is 66.2 Å². The molecule has 0 amide bonds. The number of rotatable bonds is 4. The molecule has 1 heterocycles. The van der Waals surface area contributed by atoms with Crippen LogP contribution in [-0.2, 0) is 4.65 Å². The minimum Gasteiger partial charge on any atom is -0.455 e. The highest BCUT2D eigenvalue weighted by Crippen LogP contribution is 2.41. The molecule has 168 valence electrons. The van der Waals surface area contributed by atoms with Crippen LogP contribution in [0.25, 0.3) is 54.3 Å². The molecule has 0 bridgehead atoms. The van der Waals surface area contributed by atoms with Crippen molar-refractivity contribution in [3.8, 4) is 0 Å². The van der Waals surface area contributed by atoms with Gasteiger partial charge in [0, 0.05) is 16.2 Å². The van der Waals surface area contributed by atoms with Crippen LogP contribution in [0.3, 0.4) is 0 Å². The second-order valence-electron chi connectivity index (χ2n) is 10.2. The van der Waals surface area contributed by atoms with Gasteiger partial charge in [0.05, 0.1) is 11.2 Å². The van der Waals surface area contributed by atoms with Crippen LogP contribution in [0.5, 0.6) is 0 Å². The van der Waals surface area contributed by atoms with Gasteiger partial charge in [-0.3, -0.25) is 0 Å². The molecule has 6 aromatic rings. The van der Waals surface area contributed by atoms with Crippen molar-refractivity contribution < 1.29 is 14.2 Å². The molecule has 0 saturated heterocycles. The Labute approximate surface area is 199 Å². The van der Waals surface area contributed by atoms with Gasteiger partial charge >= 0.3 is 7.48 Å². The lowest BCUT2D eigenvalue weighted by molar-refractivity contribution is -0.0893. The van der Waals surface area contributed by atoms with E-state index in [1.807, 2.05) is 32.0 Å². The number of hydrogen-bond donors (Lipinski definition) is 1. The molecule has 0 aliphatic rings. The molecule has 0 unspecified atom stereocenters. The lowest BCUT2D eigenvalue weighted by atomic mass is 9.78. The van der Waals surface area contributed by atoms with Gasteiger partial charge in [0.2, 0.25) is 0 Å². The zero-order chi connectivity index (χ0) is 23.7. The molecule has 0 spiro atoms. The SMILES string of the molecule is CC(C)(O)C(C)(C)OBc1cc2c3ccccc3c3ccccc3c2c2oc3ccccc3c12. The van der Waals surface area contributed by atoms with Crippen molar-refractivity contribution in [2.45, 2.75) is 38.9 Å². The Hall–Kier alpha value is -3.34. The number of aliphatic hydroxyl groups is 1. The first-order valence-electron chi connectivity index (χ1n) is 11.8. The third-order valence-electron chi connectivity index (χ3n) is 7.50. The van der Waals surface area contributed by atoms with E-state index in [-0.39, 0.29) is 0 Å². The molecule has 0 saturated carbocycles. The van der Waals surface area contributed by atoms with Gasteiger partial charge in [0.25, 0.3) is 0 Å². The fourth-order valence-electron chi connectivity index (χ4n) is 4.90. The lowest BCUT2D eigenvalue weighted by Gasteiger charge is -2.37. The summed E-state index contributed by atoms with van der Waals surface area (Å²) in [7, 11) is 0.369. The summed E-state index contributed by atoms with van der Waals surface area (Å²) in [4.78, 5) is 0. The number of benzene rings is 5. The van der Waals surface area contributed by atoms with Gasteiger partial charge in [-0.15, -0.1) is 0 Å². The van der Waals surface area contributed by atoms with Crippen LogP contribution < -0.4 is 5.46 Å². The molecule has 4 heteroatoms. The molecule has 0 aliphatic carbocycles. The van der Waals surface area contributed by atoms with Crippen molar-refractivity contribution in [3.05, 3.63) is 78.9 Å². The van der Waals surface area contributed by atoms with Crippen LogP contribution in [0, 0.1) is 0 Å². The summed E-state index contributed by atoms with van der Waals surface area (Å²) in [5.74, 6) is 0. The first-order chi connectivity index (χ1) is 16.3. The topological polar surface area (TPSA) is 42.6 Å². The van der Waals surface area contributed by atoms with Gasteiger partial charge in [-0.25, -0.2) is 0 Å². The third kappa shape index (κ3) is 3.06. The van der Waals surface area contributed by atoms with Crippen LogP contribution in [-0.4, -0.2) is 23.8 Å². The average Bonchev–Trinajstić information content (AvgIpc) is 3.21. The highest BCUT2D eigenvalue weighted by Gasteiger charge is 2.36. The highest BCUT2D eigenvalue weighted by atomic mass is 16.5. The maximum absolute atomic E-state index is 10.7. The van der Waals surface area contributed by atoms with Gasteiger partial charge in [-0.1, -0.05) is 72.8 Å². The van der Waals surface area contributed by atoms with Crippen molar-refractivity contribution in [1.82, 2.24) is 0 Å². The van der Waals surface area contributed by atoms with Crippen LogP contribution in [0.2, 0.25) is 0 Å². The number of hydrogen-bond acceptors (Lipinski definition) is 3. The molecule has 6 rings (SSSR count). The van der Waals surface area contributed by atoms with E-state index in [1.54, 1.807) is 13.8 Å². The van der Waals surface area contributed by atoms with Crippen LogP contribution in [0.4, 0.5) is 0 Å². The van der Waals surface area contributed by atoms with Crippen molar-refractivity contribution in [3.63, 3.8) is 0 Å². The summed E-state index contributed by atoms with van der Waals surface area (Å²) in [6.45, 7) is 7.44. The quantitative estimate of drug-likeness (QED) is 0.245. The fraction of sp³-hybridized carbons (Fsp3) is 0.200. The highest BCUT2D eigenvalue weighted by molar-refractivity contribution is 6.55. The molecule has 0 radical (unpaired) electrons. The Balaban J connectivity index is 1.76. The monoisotopic (exact) mass is 446 g/mol. The Kier molecular flexibility index (Phi) is 4.57. The number of furan rings is 1. The van der Waals surface area contributed by atoms with E-state index in [0.29, 0.717) is 7.48 Å². The van der Waals surface area contributed by atoms with Crippen molar-refractivity contribution in [2.24, 2.45) is 0 Å². The standard InChI is InChI=1S/C30H27BO3/c1-29(2,32)30(3,4)34-31-24-17-23-20-13-6-5-11-18(20)19-12-7-8-14-21(19)26(23)28-27(24)22-15-9-10-16-25(22)33-28/h5-17,31-32H,1-4H3. The first kappa shape index (κ1) is 21.2. The van der Waals surface area contributed by atoms with E-state index in [1.165, 1.54) is 21.5 Å². The Morgan fingerprint density at radius 2 is 1.21 bits per heavy atom. The van der Waals surface area contributed by atoms with Gasteiger partial charge in [-0.2, -0.15) is 0 Å². The summed E-state index contributed by atoms with van der Waals surface area (Å²) < 4.78 is 12.9. The maximum atomic E-state index is 10.7. The molecule has 1 N–H and O–H groups in total. The molecule has 5 aromatic carbocycles. The van der Waals surface area contributed by atoms with Crippen LogP contribution in [0.15, 0.2) is 83.3 Å². The van der Waals surface area contributed by atoms with E-state index in [9.17, 15) is 5.11 Å². The Morgan fingerprint density at radius 1 is 0.676 bits per heavy atom. The molecular formula is C30H27BO3. The minimum atomic E-state index is -0.982. The van der Waals surface area contributed by atoms with E-state index in [4.69, 9.17) is 9.07 Å². The summed E-state index contributed by atoms with van der Waals surface area (Å²) >= 11 is 0. The predicted octanol–water partition coefficient (Wildman–Crippen LogP) is 6.59. The molecule has 0 fully saturated rings. The summed E-state index contributed by atoms with van der Waals surface area (Å²) in [5.41, 5.74) is 1.11. The normalized spacial score (nSPS) is 13.0. The number of fused-ring (bicyclic) bond motifs is 10. The predicted molar refractivity (Wildman–Crippen MR) is 144 cm³/mol. The van der Waals surface area contributed by atoms with E-state index < -0.39 is 11.2 Å². The zero-order valence-electron chi connectivity index (χ0n) is 20.0. The van der Waals surface area contributed by atoms with Gasteiger partial charge < -0.3 is 14.2 Å². The summed E-state index contributed by atoms with van der Waals surface area (Å²) in [6.07, 6.45) is 0. The zero-order valence-corrected chi connectivity index (χ0v) is 20.0. The van der Waals surface area contributed by atoms with E-state index in [0.717, 1.165) is 38.2 Å². The molecule has 3 nitrogen and oxygen atoms in total. The molecule has 0 aliphatic heterocycles. The fourth-order valence-corrected chi connectivity index (χ4v) is 4.90. The molecular weight excluding hydrogens is 419 g/mol. The summed E-state index contributed by atoms with van der Waals surface area (Å²) in [5, 5.41) is 19.9. The summed E-state index contributed by atoms with van der Waals surface area (Å²) in [6, 6.07) is 27.6. The first-order valence-corrected chi connectivity index (χ1v) is 11.8. The van der Waals surface area contributed by atoms with Crippen LogP contribution >= 0.6 is 0 Å². The van der Waals surface area contributed by atoms with E-state index >= 15 is 0 Å². The second kappa shape index (κ2) is 7.33.